The van der Waals surface area contributed by atoms with Gasteiger partial charge in [-0.25, -0.2) is 14.4 Å². The summed E-state index contributed by atoms with van der Waals surface area (Å²) in [5.74, 6) is -5.25. The summed E-state index contributed by atoms with van der Waals surface area (Å²) in [6, 6.07) is 0. The monoisotopic (exact) mass is 244 g/mol. The van der Waals surface area contributed by atoms with Crippen LogP contribution in [0.5, 0.6) is 0 Å². The van der Waals surface area contributed by atoms with E-state index in [-0.39, 0.29) is 6.42 Å². The molecule has 0 aliphatic heterocycles. The highest BCUT2D eigenvalue weighted by Gasteiger charge is 2.48. The van der Waals surface area contributed by atoms with Crippen molar-refractivity contribution in [1.82, 2.24) is 0 Å². The van der Waals surface area contributed by atoms with Crippen LogP contribution < -0.4 is 0 Å². The van der Waals surface area contributed by atoms with E-state index in [9.17, 15) is 19.2 Å². The Bertz CT molecular complexity index is 371. The van der Waals surface area contributed by atoms with Crippen molar-refractivity contribution in [3.05, 3.63) is 12.7 Å². The van der Waals surface area contributed by atoms with Gasteiger partial charge in [0.25, 0.3) is 0 Å². The number of aliphatic carboxylic acids is 1. The van der Waals surface area contributed by atoms with Crippen molar-refractivity contribution in [3.63, 3.8) is 0 Å². The van der Waals surface area contributed by atoms with Gasteiger partial charge in [0.2, 0.25) is 0 Å². The molecule has 0 radical (unpaired) electrons. The minimum atomic E-state index is -2.57. The third-order valence-corrected chi connectivity index (χ3v) is 1.76. The van der Waals surface area contributed by atoms with Gasteiger partial charge in [0, 0.05) is 12.5 Å². The number of esters is 3. The first-order chi connectivity index (χ1) is 7.77. The summed E-state index contributed by atoms with van der Waals surface area (Å²) in [4.78, 5) is 44.0. The van der Waals surface area contributed by atoms with Gasteiger partial charge in [0.15, 0.2) is 0 Å². The SMILES string of the molecule is C=CC(=O)OC(C)(C(=O)O)C(=O)OC(=O)CC. The number of ether oxygens (including phenoxy) is 2. The molecule has 94 valence electrons. The van der Waals surface area contributed by atoms with Crippen LogP contribution in [0, 0.1) is 0 Å². The molecule has 0 aliphatic rings. The largest absolute Gasteiger partial charge is 0.478 e. The second-order valence-corrected chi connectivity index (χ2v) is 3.08. The lowest BCUT2D eigenvalue weighted by Crippen LogP contribution is -2.49. The minimum Gasteiger partial charge on any atom is -0.478 e. The molecule has 17 heavy (non-hydrogen) atoms. The van der Waals surface area contributed by atoms with Crippen molar-refractivity contribution in [2.24, 2.45) is 0 Å². The van der Waals surface area contributed by atoms with E-state index in [1.807, 2.05) is 0 Å². The Balaban J connectivity index is 5.00. The zero-order valence-electron chi connectivity index (χ0n) is 9.39. The van der Waals surface area contributed by atoms with Crippen LogP contribution in [0.2, 0.25) is 0 Å². The Labute approximate surface area is 97.0 Å². The lowest BCUT2D eigenvalue weighted by molar-refractivity contribution is -0.191. The van der Waals surface area contributed by atoms with Crippen molar-refractivity contribution in [3.8, 4) is 0 Å². The number of carboxylic acid groups (broad SMARTS) is 1. The van der Waals surface area contributed by atoms with E-state index in [0.29, 0.717) is 6.08 Å². The molecule has 0 aromatic heterocycles. The Hall–Kier alpha value is -2.18. The molecule has 1 N–H and O–H groups in total. The third-order valence-electron chi connectivity index (χ3n) is 1.76. The van der Waals surface area contributed by atoms with Crippen molar-refractivity contribution in [2.75, 3.05) is 0 Å². The van der Waals surface area contributed by atoms with Crippen LogP contribution in [0.4, 0.5) is 0 Å². The molecular weight excluding hydrogens is 232 g/mol. The molecule has 0 rings (SSSR count). The summed E-state index contributed by atoms with van der Waals surface area (Å²) < 4.78 is 8.57. The van der Waals surface area contributed by atoms with Crippen LogP contribution in [0.1, 0.15) is 20.3 Å². The van der Waals surface area contributed by atoms with E-state index < -0.39 is 29.5 Å². The molecule has 0 saturated carbocycles. The summed E-state index contributed by atoms with van der Waals surface area (Å²) in [6.07, 6.45) is 0.576. The topological polar surface area (TPSA) is 107 Å². The fourth-order valence-corrected chi connectivity index (χ4v) is 0.688. The van der Waals surface area contributed by atoms with Crippen LogP contribution in [0.15, 0.2) is 12.7 Å². The lowest BCUT2D eigenvalue weighted by Gasteiger charge is -2.21. The smallest absolute Gasteiger partial charge is 0.369 e. The molecule has 1 atom stereocenters. The summed E-state index contributed by atoms with van der Waals surface area (Å²) in [6.45, 7) is 5.28. The van der Waals surface area contributed by atoms with E-state index >= 15 is 0 Å². The van der Waals surface area contributed by atoms with E-state index in [1.165, 1.54) is 6.92 Å². The fourth-order valence-electron chi connectivity index (χ4n) is 0.688. The van der Waals surface area contributed by atoms with Gasteiger partial charge in [-0.05, 0) is 6.92 Å². The average molecular weight is 244 g/mol. The fraction of sp³-hybridized carbons (Fsp3) is 0.400. The van der Waals surface area contributed by atoms with Gasteiger partial charge in [0.05, 0.1) is 0 Å². The molecule has 0 aromatic rings. The van der Waals surface area contributed by atoms with Gasteiger partial charge < -0.3 is 14.6 Å². The Morgan fingerprint density at radius 2 is 1.88 bits per heavy atom. The maximum absolute atomic E-state index is 11.4. The standard InChI is InChI=1S/C10H12O7/c1-4-6(11)16-9(15)10(3,8(13)14)17-7(12)5-2/h5H,2,4H2,1,3H3,(H,13,14). The van der Waals surface area contributed by atoms with Crippen LogP contribution in [0.3, 0.4) is 0 Å². The Morgan fingerprint density at radius 3 is 2.24 bits per heavy atom. The van der Waals surface area contributed by atoms with Gasteiger partial charge >= 0.3 is 29.5 Å². The molecule has 0 aliphatic carbocycles. The van der Waals surface area contributed by atoms with Gasteiger partial charge in [-0.15, -0.1) is 0 Å². The van der Waals surface area contributed by atoms with Crippen LogP contribution >= 0.6 is 0 Å². The van der Waals surface area contributed by atoms with Gasteiger partial charge in [-0.3, -0.25) is 4.79 Å². The zero-order valence-corrected chi connectivity index (χ0v) is 9.39. The van der Waals surface area contributed by atoms with E-state index in [1.54, 1.807) is 0 Å². The highest BCUT2D eigenvalue weighted by Crippen LogP contribution is 2.14. The second kappa shape index (κ2) is 5.78. The second-order valence-electron chi connectivity index (χ2n) is 3.08. The first kappa shape index (κ1) is 14.8. The number of carbonyl (C=O) groups excluding carboxylic acids is 3. The molecule has 0 bridgehead atoms. The predicted octanol–water partition coefficient (Wildman–Crippen LogP) is 0.0387. The van der Waals surface area contributed by atoms with Crippen LogP contribution in [-0.4, -0.2) is 34.6 Å². The van der Waals surface area contributed by atoms with Crippen molar-refractivity contribution in [1.29, 1.82) is 0 Å². The molecule has 0 saturated heterocycles. The molecule has 0 spiro atoms. The summed E-state index contributed by atoms with van der Waals surface area (Å²) in [5, 5.41) is 8.81. The molecule has 7 nitrogen and oxygen atoms in total. The quantitative estimate of drug-likeness (QED) is 0.413. The molecular formula is C10H12O7. The maximum atomic E-state index is 11.4. The van der Waals surface area contributed by atoms with Gasteiger partial charge in [-0.2, -0.15) is 0 Å². The van der Waals surface area contributed by atoms with E-state index in [4.69, 9.17) is 5.11 Å². The highest BCUT2D eigenvalue weighted by atomic mass is 16.6. The number of rotatable bonds is 5. The molecule has 0 aromatic carbocycles. The van der Waals surface area contributed by atoms with Crippen molar-refractivity contribution < 1.29 is 33.8 Å². The Morgan fingerprint density at radius 1 is 1.35 bits per heavy atom. The lowest BCUT2D eigenvalue weighted by atomic mass is 10.1. The normalized spacial score (nSPS) is 13.1. The number of hydrogen-bond acceptors (Lipinski definition) is 6. The molecule has 1 unspecified atom stereocenters. The number of carboxylic acids is 1. The van der Waals surface area contributed by atoms with Crippen LogP contribution in [-0.2, 0) is 28.7 Å². The minimum absolute atomic E-state index is 0.114. The predicted molar refractivity (Wildman–Crippen MR) is 53.7 cm³/mol. The third kappa shape index (κ3) is 3.71. The van der Waals surface area contributed by atoms with E-state index in [0.717, 1.165) is 6.92 Å². The highest BCUT2D eigenvalue weighted by molar-refractivity contribution is 6.07. The molecule has 0 heterocycles. The first-order valence-corrected chi connectivity index (χ1v) is 4.61. The first-order valence-electron chi connectivity index (χ1n) is 4.61. The summed E-state index contributed by atoms with van der Waals surface area (Å²) in [5.41, 5.74) is -2.57. The van der Waals surface area contributed by atoms with Crippen molar-refractivity contribution >= 4 is 23.9 Å². The maximum Gasteiger partial charge on any atom is 0.369 e. The van der Waals surface area contributed by atoms with Gasteiger partial charge in [-0.1, -0.05) is 13.5 Å². The zero-order chi connectivity index (χ0) is 13.6. The van der Waals surface area contributed by atoms with E-state index in [2.05, 4.69) is 16.1 Å². The number of carbonyl (C=O) groups is 4. The average Bonchev–Trinajstić information content (AvgIpc) is 2.27. The summed E-state index contributed by atoms with van der Waals surface area (Å²) in [7, 11) is 0. The molecule has 0 fully saturated rings. The van der Waals surface area contributed by atoms with Gasteiger partial charge in [0.1, 0.15) is 0 Å². The van der Waals surface area contributed by atoms with Crippen LogP contribution in [0.25, 0.3) is 0 Å². The Kier molecular flexibility index (Phi) is 5.04. The summed E-state index contributed by atoms with van der Waals surface area (Å²) >= 11 is 0. The van der Waals surface area contributed by atoms with Crippen molar-refractivity contribution in [2.45, 2.75) is 25.9 Å². The number of hydrogen-bond donors (Lipinski definition) is 1. The molecule has 7 heteroatoms. The molecule has 0 amide bonds.